The third-order valence-corrected chi connectivity index (χ3v) is 2.63. The van der Waals surface area contributed by atoms with E-state index in [-0.39, 0.29) is 5.78 Å². The van der Waals surface area contributed by atoms with E-state index in [0.717, 1.165) is 18.4 Å². The molecule has 1 aliphatic carbocycles. The van der Waals surface area contributed by atoms with Gasteiger partial charge in [-0.3, -0.25) is 10.5 Å². The fourth-order valence-electron chi connectivity index (χ4n) is 1.80. The summed E-state index contributed by atoms with van der Waals surface area (Å²) in [7, 11) is 0. The summed E-state index contributed by atoms with van der Waals surface area (Å²) in [5, 5.41) is 0. The van der Waals surface area contributed by atoms with Crippen molar-refractivity contribution < 1.29 is 9.53 Å². The minimum absolute atomic E-state index is 0.0425. The Labute approximate surface area is 85.3 Å². The Kier molecular flexibility index (Phi) is 4.29. The summed E-state index contributed by atoms with van der Waals surface area (Å²) in [6.45, 7) is 4.39. The molecule has 0 saturated heterocycles. The topological polar surface area (TPSA) is 52.3 Å². The van der Waals surface area contributed by atoms with Crippen LogP contribution in [0.3, 0.4) is 0 Å². The molecule has 80 valence electrons. The molecule has 0 bridgehead atoms. The third kappa shape index (κ3) is 2.66. The molecule has 0 fully saturated rings. The normalized spacial score (nSPS) is 24.2. The highest BCUT2D eigenvalue weighted by atomic mass is 16.5. The number of ketones is 1. The van der Waals surface area contributed by atoms with E-state index in [2.05, 4.69) is 6.92 Å². The Morgan fingerprint density at radius 3 is 3.07 bits per heavy atom. The maximum absolute atomic E-state index is 11.8. The molecule has 2 atom stereocenters. The molecule has 0 saturated carbocycles. The second kappa shape index (κ2) is 5.27. The van der Waals surface area contributed by atoms with Gasteiger partial charge in [0.1, 0.15) is 0 Å². The number of ether oxygens (including phenoxy) is 1. The van der Waals surface area contributed by atoms with E-state index in [1.165, 1.54) is 6.42 Å². The summed E-state index contributed by atoms with van der Waals surface area (Å²) in [5.41, 5.74) is 6.47. The molecular weight excluding hydrogens is 178 g/mol. The number of carbonyl (C=O) groups is 1. The number of hydrogen-bond acceptors (Lipinski definition) is 3. The van der Waals surface area contributed by atoms with E-state index in [9.17, 15) is 4.79 Å². The first-order chi connectivity index (χ1) is 6.66. The molecule has 0 aromatic carbocycles. The summed E-state index contributed by atoms with van der Waals surface area (Å²) in [6, 6.07) is 0. The zero-order valence-electron chi connectivity index (χ0n) is 8.95. The molecule has 14 heavy (non-hydrogen) atoms. The van der Waals surface area contributed by atoms with Crippen molar-refractivity contribution in [3.63, 3.8) is 0 Å². The molecule has 0 aromatic heterocycles. The first-order valence-electron chi connectivity index (χ1n) is 5.28. The summed E-state index contributed by atoms with van der Waals surface area (Å²) in [6.07, 6.45) is 4.48. The summed E-state index contributed by atoms with van der Waals surface area (Å²) >= 11 is 0. The Balaban J connectivity index is 2.62. The molecule has 1 rings (SSSR count). The van der Waals surface area contributed by atoms with Gasteiger partial charge in [0.2, 0.25) is 5.78 Å². The second-order valence-corrected chi connectivity index (χ2v) is 3.73. The molecule has 3 heteroatoms. The number of hydrogen-bond donors (Lipinski definition) is 1. The maximum Gasteiger partial charge on any atom is 0.202 e. The van der Waals surface area contributed by atoms with Crippen LogP contribution >= 0.6 is 0 Å². The van der Waals surface area contributed by atoms with Gasteiger partial charge >= 0.3 is 0 Å². The van der Waals surface area contributed by atoms with Crippen molar-refractivity contribution in [3.8, 4) is 0 Å². The van der Waals surface area contributed by atoms with Crippen LogP contribution in [0, 0.1) is 5.92 Å². The van der Waals surface area contributed by atoms with E-state index in [0.29, 0.717) is 12.5 Å². The lowest BCUT2D eigenvalue weighted by Gasteiger charge is -2.21. The van der Waals surface area contributed by atoms with E-state index in [1.807, 2.05) is 13.0 Å². The van der Waals surface area contributed by atoms with Gasteiger partial charge in [-0.1, -0.05) is 13.0 Å². The van der Waals surface area contributed by atoms with E-state index >= 15 is 0 Å². The standard InChI is InChI=1S/C11H19NO2/c1-3-14-11(12)10(13)9-7-5-4-6-8(9)2/h7-8,11H,3-6,12H2,1-2H3. The van der Waals surface area contributed by atoms with E-state index in [1.54, 1.807) is 0 Å². The molecule has 0 aliphatic heterocycles. The minimum atomic E-state index is -0.771. The zero-order valence-corrected chi connectivity index (χ0v) is 8.95. The van der Waals surface area contributed by atoms with Gasteiger partial charge in [-0.15, -0.1) is 0 Å². The maximum atomic E-state index is 11.8. The van der Waals surface area contributed by atoms with E-state index in [4.69, 9.17) is 10.5 Å². The predicted molar refractivity (Wildman–Crippen MR) is 55.7 cm³/mol. The van der Waals surface area contributed by atoms with Crippen LogP contribution in [0.25, 0.3) is 0 Å². The first-order valence-corrected chi connectivity index (χ1v) is 5.28. The highest BCUT2D eigenvalue weighted by Gasteiger charge is 2.24. The molecule has 0 heterocycles. The van der Waals surface area contributed by atoms with Crippen LogP contribution in [0.2, 0.25) is 0 Å². The Hall–Kier alpha value is -0.670. The smallest absolute Gasteiger partial charge is 0.202 e. The van der Waals surface area contributed by atoms with Gasteiger partial charge in [-0.2, -0.15) is 0 Å². The third-order valence-electron chi connectivity index (χ3n) is 2.63. The molecular formula is C11H19NO2. The lowest BCUT2D eigenvalue weighted by molar-refractivity contribution is -0.126. The van der Waals surface area contributed by atoms with Crippen LogP contribution in [0.15, 0.2) is 11.6 Å². The van der Waals surface area contributed by atoms with Crippen LogP contribution in [0.1, 0.15) is 33.1 Å². The van der Waals surface area contributed by atoms with Gasteiger partial charge < -0.3 is 4.74 Å². The van der Waals surface area contributed by atoms with Crippen molar-refractivity contribution in [1.29, 1.82) is 0 Å². The molecule has 0 spiro atoms. The molecule has 1 aliphatic rings. The Morgan fingerprint density at radius 2 is 2.50 bits per heavy atom. The van der Waals surface area contributed by atoms with Gasteiger partial charge in [0.05, 0.1) is 0 Å². The van der Waals surface area contributed by atoms with Gasteiger partial charge in [-0.05, 0) is 37.7 Å². The summed E-state index contributed by atoms with van der Waals surface area (Å²) in [5.74, 6) is 0.293. The van der Waals surface area contributed by atoms with Crippen molar-refractivity contribution in [2.45, 2.75) is 39.3 Å². The lowest BCUT2D eigenvalue weighted by Crippen LogP contribution is -2.36. The quantitative estimate of drug-likeness (QED) is 0.697. The summed E-state index contributed by atoms with van der Waals surface area (Å²) < 4.78 is 5.09. The van der Waals surface area contributed by atoms with Crippen molar-refractivity contribution in [1.82, 2.24) is 0 Å². The first kappa shape index (κ1) is 11.4. The van der Waals surface area contributed by atoms with Crippen LogP contribution < -0.4 is 5.73 Å². The fraction of sp³-hybridized carbons (Fsp3) is 0.727. The minimum Gasteiger partial charge on any atom is -0.356 e. The summed E-state index contributed by atoms with van der Waals surface area (Å²) in [4.78, 5) is 11.8. The van der Waals surface area contributed by atoms with Crippen molar-refractivity contribution >= 4 is 5.78 Å². The molecule has 0 radical (unpaired) electrons. The number of rotatable bonds is 4. The average Bonchev–Trinajstić information content (AvgIpc) is 2.18. The zero-order chi connectivity index (χ0) is 10.6. The Morgan fingerprint density at radius 1 is 1.79 bits per heavy atom. The number of allylic oxidation sites excluding steroid dienone is 1. The molecule has 0 aromatic rings. The monoisotopic (exact) mass is 197 g/mol. The van der Waals surface area contributed by atoms with Crippen LogP contribution in [0.5, 0.6) is 0 Å². The van der Waals surface area contributed by atoms with E-state index < -0.39 is 6.23 Å². The highest BCUT2D eigenvalue weighted by molar-refractivity contribution is 5.98. The van der Waals surface area contributed by atoms with Gasteiger partial charge in [0, 0.05) is 6.61 Å². The highest BCUT2D eigenvalue weighted by Crippen LogP contribution is 2.25. The van der Waals surface area contributed by atoms with Crippen LogP contribution in [0.4, 0.5) is 0 Å². The average molecular weight is 197 g/mol. The number of carbonyl (C=O) groups excluding carboxylic acids is 1. The largest absolute Gasteiger partial charge is 0.356 e. The van der Waals surface area contributed by atoms with Gasteiger partial charge in [0.15, 0.2) is 6.23 Å². The van der Waals surface area contributed by atoms with Gasteiger partial charge in [0.25, 0.3) is 0 Å². The van der Waals surface area contributed by atoms with Gasteiger partial charge in [-0.25, -0.2) is 0 Å². The van der Waals surface area contributed by atoms with Crippen molar-refractivity contribution in [3.05, 3.63) is 11.6 Å². The fourth-order valence-corrected chi connectivity index (χ4v) is 1.80. The Bertz CT molecular complexity index is 235. The molecule has 2 N–H and O–H groups in total. The number of nitrogens with two attached hydrogens (primary N) is 1. The number of Topliss-reactive ketones (excluding diaryl/α,β-unsaturated/α-hetero) is 1. The van der Waals surface area contributed by atoms with Crippen molar-refractivity contribution in [2.75, 3.05) is 6.61 Å². The van der Waals surface area contributed by atoms with Crippen LogP contribution in [-0.4, -0.2) is 18.6 Å². The second-order valence-electron chi connectivity index (χ2n) is 3.73. The van der Waals surface area contributed by atoms with Crippen LogP contribution in [-0.2, 0) is 9.53 Å². The molecule has 2 unspecified atom stereocenters. The predicted octanol–water partition coefficient (Wildman–Crippen LogP) is 1.62. The van der Waals surface area contributed by atoms with Crippen molar-refractivity contribution in [2.24, 2.45) is 11.7 Å². The molecule has 0 amide bonds. The SMILES string of the molecule is CCOC(N)C(=O)C1=CCCCC1C. The molecule has 3 nitrogen and oxygen atoms in total. The lowest BCUT2D eigenvalue weighted by atomic mass is 9.86.